The molecule has 0 saturated carbocycles. The molecular formula is C12H28N2O. The normalized spacial score (nSPS) is 13.8. The number of likely N-dealkylation sites (N-methyl/N-ethyl adjacent to an activating group) is 1. The fourth-order valence-electron chi connectivity index (χ4n) is 1.76. The van der Waals surface area contributed by atoms with Crippen molar-refractivity contribution in [3.8, 4) is 0 Å². The minimum absolute atomic E-state index is 0.676. The number of ether oxygens (including phenoxy) is 1. The van der Waals surface area contributed by atoms with E-state index in [0.717, 1.165) is 32.2 Å². The number of hydrogen-bond donors (Lipinski definition) is 1. The molecule has 3 nitrogen and oxygen atoms in total. The van der Waals surface area contributed by atoms with Gasteiger partial charge in [-0.15, -0.1) is 0 Å². The quantitative estimate of drug-likeness (QED) is 0.636. The lowest BCUT2D eigenvalue weighted by Gasteiger charge is -2.21. The molecule has 0 aliphatic carbocycles. The monoisotopic (exact) mass is 216 g/mol. The smallest absolute Gasteiger partial charge is 0.0589 e. The molecule has 0 rings (SSSR count). The summed E-state index contributed by atoms with van der Waals surface area (Å²) in [6.07, 6.45) is 2.45. The summed E-state index contributed by atoms with van der Waals surface area (Å²) in [7, 11) is 3.89. The number of nitrogens with two attached hydrogens (primary N) is 1. The third-order valence-corrected chi connectivity index (χ3v) is 2.73. The van der Waals surface area contributed by atoms with Crippen molar-refractivity contribution in [2.24, 2.45) is 17.6 Å². The fraction of sp³-hybridized carbons (Fsp3) is 1.00. The van der Waals surface area contributed by atoms with Crippen LogP contribution in [0.1, 0.15) is 26.7 Å². The summed E-state index contributed by atoms with van der Waals surface area (Å²) in [6, 6.07) is 0. The van der Waals surface area contributed by atoms with Gasteiger partial charge in [-0.25, -0.2) is 0 Å². The van der Waals surface area contributed by atoms with Crippen LogP contribution in [0.25, 0.3) is 0 Å². The Kier molecular flexibility index (Phi) is 9.06. The Balaban J connectivity index is 3.60. The maximum Gasteiger partial charge on any atom is 0.0589 e. The second kappa shape index (κ2) is 9.13. The van der Waals surface area contributed by atoms with Crippen molar-refractivity contribution < 1.29 is 4.74 Å². The molecule has 1 atom stereocenters. The van der Waals surface area contributed by atoms with Gasteiger partial charge in [0.15, 0.2) is 0 Å². The van der Waals surface area contributed by atoms with E-state index in [-0.39, 0.29) is 0 Å². The van der Waals surface area contributed by atoms with E-state index < -0.39 is 0 Å². The molecule has 0 radical (unpaired) electrons. The van der Waals surface area contributed by atoms with Gasteiger partial charge in [-0.05, 0) is 44.8 Å². The largest absolute Gasteiger partial charge is 0.383 e. The van der Waals surface area contributed by atoms with E-state index in [1.54, 1.807) is 7.11 Å². The van der Waals surface area contributed by atoms with Gasteiger partial charge in [-0.3, -0.25) is 0 Å². The second-order valence-electron chi connectivity index (χ2n) is 4.82. The Morgan fingerprint density at radius 2 is 1.93 bits per heavy atom. The van der Waals surface area contributed by atoms with Crippen molar-refractivity contribution in [3.05, 3.63) is 0 Å². The molecule has 0 saturated heterocycles. The maximum absolute atomic E-state index is 5.76. The van der Waals surface area contributed by atoms with Gasteiger partial charge in [0.25, 0.3) is 0 Å². The summed E-state index contributed by atoms with van der Waals surface area (Å²) >= 11 is 0. The van der Waals surface area contributed by atoms with E-state index in [9.17, 15) is 0 Å². The van der Waals surface area contributed by atoms with Crippen LogP contribution in [0.3, 0.4) is 0 Å². The maximum atomic E-state index is 5.76. The summed E-state index contributed by atoms with van der Waals surface area (Å²) in [6.45, 7) is 8.28. The molecule has 0 aromatic heterocycles. The predicted octanol–water partition coefficient (Wildman–Crippen LogP) is 1.58. The van der Waals surface area contributed by atoms with Crippen molar-refractivity contribution in [2.45, 2.75) is 26.7 Å². The Hall–Kier alpha value is -0.120. The Morgan fingerprint density at radius 3 is 2.40 bits per heavy atom. The third kappa shape index (κ3) is 8.85. The minimum Gasteiger partial charge on any atom is -0.383 e. The van der Waals surface area contributed by atoms with E-state index in [1.165, 1.54) is 12.8 Å². The summed E-state index contributed by atoms with van der Waals surface area (Å²) in [5, 5.41) is 0. The Bertz CT molecular complexity index is 140. The lowest BCUT2D eigenvalue weighted by atomic mass is 9.94. The molecule has 0 bridgehead atoms. The summed E-state index contributed by atoms with van der Waals surface area (Å²) in [5.74, 6) is 1.43. The topological polar surface area (TPSA) is 38.5 Å². The number of hydrogen-bond acceptors (Lipinski definition) is 3. The SMILES string of the molecule is COCCN(C)CCC(CN)CC(C)C. The van der Waals surface area contributed by atoms with Crippen LogP contribution in [-0.2, 0) is 4.74 Å². The number of rotatable bonds is 9. The molecule has 0 heterocycles. The zero-order valence-electron chi connectivity index (χ0n) is 10.8. The van der Waals surface area contributed by atoms with Gasteiger partial charge in [0.05, 0.1) is 6.61 Å². The van der Waals surface area contributed by atoms with Crippen LogP contribution in [0, 0.1) is 11.8 Å². The van der Waals surface area contributed by atoms with Gasteiger partial charge < -0.3 is 15.4 Å². The standard InChI is InChI=1S/C12H28N2O/c1-11(2)9-12(10-13)5-6-14(3)7-8-15-4/h11-12H,5-10,13H2,1-4H3. The molecule has 0 aromatic carbocycles. The Labute approximate surface area is 95.0 Å². The van der Waals surface area contributed by atoms with Crippen LogP contribution in [0.2, 0.25) is 0 Å². The fourth-order valence-corrected chi connectivity index (χ4v) is 1.76. The van der Waals surface area contributed by atoms with Crippen molar-refractivity contribution in [2.75, 3.05) is 40.4 Å². The van der Waals surface area contributed by atoms with Gasteiger partial charge in [-0.2, -0.15) is 0 Å². The average Bonchev–Trinajstić information content (AvgIpc) is 2.20. The van der Waals surface area contributed by atoms with E-state index >= 15 is 0 Å². The van der Waals surface area contributed by atoms with Gasteiger partial charge in [0, 0.05) is 13.7 Å². The third-order valence-electron chi connectivity index (χ3n) is 2.73. The zero-order valence-corrected chi connectivity index (χ0v) is 10.8. The van der Waals surface area contributed by atoms with Gasteiger partial charge in [-0.1, -0.05) is 13.8 Å². The first-order chi connectivity index (χ1) is 7.10. The lowest BCUT2D eigenvalue weighted by Crippen LogP contribution is -2.27. The minimum atomic E-state index is 0.676. The van der Waals surface area contributed by atoms with E-state index in [0.29, 0.717) is 5.92 Å². The second-order valence-corrected chi connectivity index (χ2v) is 4.82. The first-order valence-corrected chi connectivity index (χ1v) is 5.97. The molecule has 15 heavy (non-hydrogen) atoms. The van der Waals surface area contributed by atoms with Crippen molar-refractivity contribution in [3.63, 3.8) is 0 Å². The highest BCUT2D eigenvalue weighted by Gasteiger charge is 2.10. The first-order valence-electron chi connectivity index (χ1n) is 5.97. The van der Waals surface area contributed by atoms with Gasteiger partial charge in [0.1, 0.15) is 0 Å². The molecule has 0 aliphatic heterocycles. The number of methoxy groups -OCH3 is 1. The van der Waals surface area contributed by atoms with Crippen molar-refractivity contribution in [1.82, 2.24) is 4.90 Å². The first kappa shape index (κ1) is 14.9. The summed E-state index contributed by atoms with van der Waals surface area (Å²) in [5.41, 5.74) is 5.76. The van der Waals surface area contributed by atoms with Crippen LogP contribution in [0.4, 0.5) is 0 Å². The molecule has 0 fully saturated rings. The molecular weight excluding hydrogens is 188 g/mol. The van der Waals surface area contributed by atoms with Crippen LogP contribution in [-0.4, -0.2) is 45.3 Å². The molecule has 3 heteroatoms. The van der Waals surface area contributed by atoms with Crippen LogP contribution < -0.4 is 5.73 Å². The highest BCUT2D eigenvalue weighted by molar-refractivity contribution is 4.64. The van der Waals surface area contributed by atoms with E-state index in [2.05, 4.69) is 25.8 Å². The molecule has 0 aromatic rings. The predicted molar refractivity (Wildman–Crippen MR) is 66.0 cm³/mol. The van der Waals surface area contributed by atoms with Crippen molar-refractivity contribution >= 4 is 0 Å². The molecule has 0 aliphatic rings. The molecule has 0 spiro atoms. The molecule has 0 amide bonds. The van der Waals surface area contributed by atoms with E-state index in [1.807, 2.05) is 0 Å². The van der Waals surface area contributed by atoms with Crippen LogP contribution in [0.15, 0.2) is 0 Å². The van der Waals surface area contributed by atoms with Gasteiger partial charge in [0.2, 0.25) is 0 Å². The molecule has 2 N–H and O–H groups in total. The van der Waals surface area contributed by atoms with E-state index in [4.69, 9.17) is 10.5 Å². The Morgan fingerprint density at radius 1 is 1.27 bits per heavy atom. The summed E-state index contributed by atoms with van der Waals surface area (Å²) in [4.78, 5) is 2.31. The van der Waals surface area contributed by atoms with Crippen LogP contribution in [0.5, 0.6) is 0 Å². The molecule has 1 unspecified atom stereocenters. The summed E-state index contributed by atoms with van der Waals surface area (Å²) < 4.78 is 5.04. The van der Waals surface area contributed by atoms with Crippen molar-refractivity contribution in [1.29, 1.82) is 0 Å². The highest BCUT2D eigenvalue weighted by Crippen LogP contribution is 2.14. The number of nitrogens with zero attached hydrogens (tertiary/aromatic N) is 1. The van der Waals surface area contributed by atoms with Crippen LogP contribution >= 0.6 is 0 Å². The van der Waals surface area contributed by atoms with Gasteiger partial charge >= 0.3 is 0 Å². The zero-order chi connectivity index (χ0) is 11.7. The molecule has 92 valence electrons. The highest BCUT2D eigenvalue weighted by atomic mass is 16.5. The lowest BCUT2D eigenvalue weighted by molar-refractivity contribution is 0.157. The average molecular weight is 216 g/mol.